The van der Waals surface area contributed by atoms with E-state index < -0.39 is 0 Å². The van der Waals surface area contributed by atoms with Crippen LogP contribution in [0.5, 0.6) is 0 Å². The third kappa shape index (κ3) is 6.37. The predicted molar refractivity (Wildman–Crippen MR) is 94.2 cm³/mol. The lowest BCUT2D eigenvalue weighted by molar-refractivity contribution is -0.132. The second-order valence-electron chi connectivity index (χ2n) is 6.36. The summed E-state index contributed by atoms with van der Waals surface area (Å²) in [5.74, 6) is 1.05. The molecule has 1 amide bonds. The molecule has 0 saturated carbocycles. The number of aryl methyl sites for hydroxylation is 1. The third-order valence-corrected chi connectivity index (χ3v) is 4.46. The van der Waals surface area contributed by atoms with Gasteiger partial charge in [-0.15, -0.1) is 12.4 Å². The molecular formula is C18H29ClN2O. The summed E-state index contributed by atoms with van der Waals surface area (Å²) in [5.41, 5.74) is 7.14. The number of benzene rings is 1. The van der Waals surface area contributed by atoms with Gasteiger partial charge in [-0.05, 0) is 50.5 Å². The molecule has 22 heavy (non-hydrogen) atoms. The fraction of sp³-hybridized carbons (Fsp3) is 0.611. The fourth-order valence-electron chi connectivity index (χ4n) is 3.00. The molecular weight excluding hydrogens is 296 g/mol. The number of hydrogen-bond acceptors (Lipinski definition) is 2. The first-order chi connectivity index (χ1) is 10.1. The number of carbonyl (C=O) groups is 1. The number of rotatable bonds is 6. The maximum atomic E-state index is 12.1. The summed E-state index contributed by atoms with van der Waals surface area (Å²) in [5, 5.41) is 0. The Labute approximate surface area is 140 Å². The van der Waals surface area contributed by atoms with E-state index in [0.717, 1.165) is 44.7 Å². The van der Waals surface area contributed by atoms with Crippen LogP contribution in [0.3, 0.4) is 0 Å². The molecule has 1 saturated heterocycles. The van der Waals surface area contributed by atoms with Crippen LogP contribution in [0.15, 0.2) is 30.3 Å². The van der Waals surface area contributed by atoms with Gasteiger partial charge in [0.2, 0.25) is 5.91 Å². The average Bonchev–Trinajstić information content (AvgIpc) is 2.52. The molecule has 0 bridgehead atoms. The molecule has 1 atom stereocenters. The zero-order valence-corrected chi connectivity index (χ0v) is 14.4. The van der Waals surface area contributed by atoms with E-state index in [-0.39, 0.29) is 24.4 Å². The number of nitrogens with zero attached hydrogens (tertiary/aromatic N) is 1. The second-order valence-corrected chi connectivity index (χ2v) is 6.36. The van der Waals surface area contributed by atoms with E-state index in [9.17, 15) is 4.79 Å². The molecule has 1 aliphatic rings. The van der Waals surface area contributed by atoms with Gasteiger partial charge >= 0.3 is 0 Å². The lowest BCUT2D eigenvalue weighted by Gasteiger charge is -2.32. The Kier molecular flexibility index (Phi) is 8.51. The first-order valence-electron chi connectivity index (χ1n) is 8.22. The molecule has 0 aromatic heterocycles. The van der Waals surface area contributed by atoms with E-state index in [0.29, 0.717) is 6.42 Å². The number of likely N-dealkylation sites (tertiary alicyclic amines) is 1. The maximum Gasteiger partial charge on any atom is 0.222 e. The van der Waals surface area contributed by atoms with Gasteiger partial charge in [-0.1, -0.05) is 30.3 Å². The van der Waals surface area contributed by atoms with Crippen LogP contribution in [0.4, 0.5) is 0 Å². The van der Waals surface area contributed by atoms with E-state index in [4.69, 9.17) is 5.73 Å². The van der Waals surface area contributed by atoms with Gasteiger partial charge in [0.1, 0.15) is 0 Å². The number of piperidine rings is 1. The predicted octanol–water partition coefficient (Wildman–Crippen LogP) is 3.41. The van der Waals surface area contributed by atoms with Crippen molar-refractivity contribution in [1.29, 1.82) is 0 Å². The summed E-state index contributed by atoms with van der Waals surface area (Å²) in [6.45, 7) is 3.82. The second kappa shape index (κ2) is 9.86. The first kappa shape index (κ1) is 19.0. The Morgan fingerprint density at radius 3 is 2.50 bits per heavy atom. The van der Waals surface area contributed by atoms with E-state index in [2.05, 4.69) is 30.3 Å². The van der Waals surface area contributed by atoms with Crippen LogP contribution in [-0.4, -0.2) is 29.9 Å². The first-order valence-corrected chi connectivity index (χ1v) is 8.22. The van der Waals surface area contributed by atoms with Crippen molar-refractivity contribution in [1.82, 2.24) is 4.90 Å². The Bertz CT molecular complexity index is 428. The molecule has 1 aromatic rings. The summed E-state index contributed by atoms with van der Waals surface area (Å²) >= 11 is 0. The van der Waals surface area contributed by atoms with Crippen molar-refractivity contribution >= 4 is 18.3 Å². The molecule has 0 spiro atoms. The van der Waals surface area contributed by atoms with Crippen molar-refractivity contribution in [2.75, 3.05) is 13.1 Å². The van der Waals surface area contributed by atoms with Crippen molar-refractivity contribution in [3.8, 4) is 0 Å². The van der Waals surface area contributed by atoms with Crippen LogP contribution in [-0.2, 0) is 11.2 Å². The Morgan fingerprint density at radius 1 is 1.27 bits per heavy atom. The number of nitrogens with two attached hydrogens (primary N) is 1. The van der Waals surface area contributed by atoms with Crippen LogP contribution in [0.2, 0.25) is 0 Å². The Balaban J connectivity index is 0.00000242. The van der Waals surface area contributed by atoms with Crippen molar-refractivity contribution in [2.45, 2.75) is 51.5 Å². The molecule has 1 unspecified atom stereocenters. The molecule has 1 aliphatic heterocycles. The largest absolute Gasteiger partial charge is 0.343 e. The highest BCUT2D eigenvalue weighted by Crippen LogP contribution is 2.23. The minimum Gasteiger partial charge on any atom is -0.343 e. The van der Waals surface area contributed by atoms with Crippen LogP contribution >= 0.6 is 12.4 Å². The fourth-order valence-corrected chi connectivity index (χ4v) is 3.00. The zero-order chi connectivity index (χ0) is 15.1. The molecule has 2 N–H and O–H groups in total. The number of amides is 1. The summed E-state index contributed by atoms with van der Waals surface area (Å²) in [4.78, 5) is 14.1. The zero-order valence-electron chi connectivity index (χ0n) is 13.5. The van der Waals surface area contributed by atoms with Gasteiger partial charge in [0.05, 0.1) is 0 Å². The molecule has 124 valence electrons. The van der Waals surface area contributed by atoms with E-state index in [1.54, 1.807) is 0 Å². The topological polar surface area (TPSA) is 46.3 Å². The highest BCUT2D eigenvalue weighted by atomic mass is 35.5. The number of carbonyl (C=O) groups excluding carboxylic acids is 1. The van der Waals surface area contributed by atoms with Crippen molar-refractivity contribution < 1.29 is 4.79 Å². The van der Waals surface area contributed by atoms with Crippen molar-refractivity contribution in [3.05, 3.63) is 35.9 Å². The summed E-state index contributed by atoms with van der Waals surface area (Å²) in [7, 11) is 0. The van der Waals surface area contributed by atoms with E-state index in [1.807, 2.05) is 11.8 Å². The van der Waals surface area contributed by atoms with Gasteiger partial charge in [-0.3, -0.25) is 4.79 Å². The molecule has 2 rings (SSSR count). The molecule has 4 heteroatoms. The van der Waals surface area contributed by atoms with Crippen LogP contribution in [0.1, 0.15) is 44.6 Å². The summed E-state index contributed by atoms with van der Waals surface area (Å²) in [6, 6.07) is 10.8. The third-order valence-electron chi connectivity index (χ3n) is 4.46. The van der Waals surface area contributed by atoms with Crippen LogP contribution in [0, 0.1) is 5.92 Å². The van der Waals surface area contributed by atoms with Crippen molar-refractivity contribution in [3.63, 3.8) is 0 Å². The smallest absolute Gasteiger partial charge is 0.222 e. The minimum absolute atomic E-state index is 0. The van der Waals surface area contributed by atoms with Gasteiger partial charge in [-0.2, -0.15) is 0 Å². The van der Waals surface area contributed by atoms with Gasteiger partial charge < -0.3 is 10.6 Å². The van der Waals surface area contributed by atoms with E-state index >= 15 is 0 Å². The maximum absolute atomic E-state index is 12.1. The average molecular weight is 325 g/mol. The van der Waals surface area contributed by atoms with E-state index in [1.165, 1.54) is 12.0 Å². The standard InChI is InChI=1S/C18H28N2O.ClH/c1-15(19)7-10-18(21)20-13-11-17(12-14-20)9-8-16-5-3-2-4-6-16;/h2-6,15,17H,7-14,19H2,1H3;1H. The Hall–Kier alpha value is -1.06. The van der Waals surface area contributed by atoms with Crippen LogP contribution < -0.4 is 5.73 Å². The lowest BCUT2D eigenvalue weighted by atomic mass is 9.90. The van der Waals surface area contributed by atoms with Gasteiger partial charge in [0.25, 0.3) is 0 Å². The van der Waals surface area contributed by atoms with Gasteiger partial charge in [0.15, 0.2) is 0 Å². The molecule has 0 radical (unpaired) electrons. The number of halogens is 1. The molecule has 3 nitrogen and oxygen atoms in total. The molecule has 1 fully saturated rings. The van der Waals surface area contributed by atoms with Crippen LogP contribution in [0.25, 0.3) is 0 Å². The Morgan fingerprint density at radius 2 is 1.91 bits per heavy atom. The van der Waals surface area contributed by atoms with Crippen molar-refractivity contribution in [2.24, 2.45) is 11.7 Å². The lowest BCUT2D eigenvalue weighted by Crippen LogP contribution is -2.39. The molecule has 1 aromatic carbocycles. The van der Waals surface area contributed by atoms with Gasteiger partial charge in [-0.25, -0.2) is 0 Å². The minimum atomic E-state index is 0. The van der Waals surface area contributed by atoms with Gasteiger partial charge in [0, 0.05) is 25.6 Å². The summed E-state index contributed by atoms with van der Waals surface area (Å²) in [6.07, 6.45) is 6.10. The summed E-state index contributed by atoms with van der Waals surface area (Å²) < 4.78 is 0. The quantitative estimate of drug-likeness (QED) is 0.871. The normalized spacial score (nSPS) is 16.9. The highest BCUT2D eigenvalue weighted by Gasteiger charge is 2.22. The monoisotopic (exact) mass is 324 g/mol. The SMILES string of the molecule is CC(N)CCC(=O)N1CCC(CCc2ccccc2)CC1.Cl. The highest BCUT2D eigenvalue weighted by molar-refractivity contribution is 5.85. The molecule has 1 heterocycles. The number of hydrogen-bond donors (Lipinski definition) is 1. The molecule has 0 aliphatic carbocycles.